The molecule has 0 radical (unpaired) electrons. The maximum atomic E-state index is 12.0. The van der Waals surface area contributed by atoms with Gasteiger partial charge in [0.2, 0.25) is 5.91 Å². The number of aromatic nitrogens is 1. The number of carbonyl (C=O) groups is 1. The van der Waals surface area contributed by atoms with Crippen LogP contribution in [0.15, 0.2) is 65.5 Å². The largest absolute Gasteiger partial charge is 0.497 e. The summed E-state index contributed by atoms with van der Waals surface area (Å²) in [4.78, 5) is 26.8. The van der Waals surface area contributed by atoms with E-state index in [1.807, 2.05) is 48.5 Å². The lowest BCUT2D eigenvalue weighted by molar-refractivity contribution is -0.116. The zero-order valence-corrected chi connectivity index (χ0v) is 13.8. The van der Waals surface area contributed by atoms with Gasteiger partial charge in [-0.2, -0.15) is 0 Å². The maximum Gasteiger partial charge on any atom is 0.255 e. The number of H-pyrrole nitrogens is 1. The van der Waals surface area contributed by atoms with Gasteiger partial charge < -0.3 is 15.0 Å². The fourth-order valence-electron chi connectivity index (χ4n) is 2.45. The maximum absolute atomic E-state index is 12.0. The average molecular weight is 334 g/mol. The summed E-state index contributed by atoms with van der Waals surface area (Å²) in [6.07, 6.45) is 2.89. The number of amides is 1. The van der Waals surface area contributed by atoms with E-state index in [1.54, 1.807) is 13.2 Å². The number of aromatic amines is 1. The summed E-state index contributed by atoms with van der Waals surface area (Å²) in [7, 11) is 1.61. The van der Waals surface area contributed by atoms with Crippen LogP contribution in [0.1, 0.15) is 11.1 Å². The van der Waals surface area contributed by atoms with Crippen molar-refractivity contribution in [1.82, 2.24) is 10.3 Å². The first-order valence-electron chi connectivity index (χ1n) is 7.86. The Balaban J connectivity index is 1.65. The van der Waals surface area contributed by atoms with Gasteiger partial charge >= 0.3 is 0 Å². The minimum absolute atomic E-state index is 0.224. The standard InChI is InChI=1S/C20H18N2O3/c1-25-17-9-6-14(7-10-17)13-21-19(23)11-8-16-12-15-4-2-3-5-18(15)22-20(16)24/h2-12H,13H2,1H3,(H,21,23)(H,22,24)/b11-8+. The molecule has 0 aliphatic rings. The number of carbonyl (C=O) groups excluding carboxylic acids is 1. The Morgan fingerprint density at radius 1 is 1.16 bits per heavy atom. The average Bonchev–Trinajstić information content (AvgIpc) is 2.65. The Morgan fingerprint density at radius 2 is 1.92 bits per heavy atom. The fourth-order valence-corrected chi connectivity index (χ4v) is 2.45. The van der Waals surface area contributed by atoms with Gasteiger partial charge in [0.15, 0.2) is 0 Å². The van der Waals surface area contributed by atoms with Crippen molar-refractivity contribution in [1.29, 1.82) is 0 Å². The van der Waals surface area contributed by atoms with E-state index in [9.17, 15) is 9.59 Å². The van der Waals surface area contributed by atoms with Gasteiger partial charge in [0.1, 0.15) is 5.75 Å². The third-order valence-electron chi connectivity index (χ3n) is 3.82. The summed E-state index contributed by atoms with van der Waals surface area (Å²) in [6, 6.07) is 16.7. The Kier molecular flexibility index (Phi) is 4.95. The summed E-state index contributed by atoms with van der Waals surface area (Å²) in [5.41, 5.74) is 1.95. The van der Waals surface area contributed by atoms with Crippen molar-refractivity contribution >= 4 is 22.9 Å². The highest BCUT2D eigenvalue weighted by molar-refractivity contribution is 5.92. The van der Waals surface area contributed by atoms with Crippen LogP contribution >= 0.6 is 0 Å². The predicted molar refractivity (Wildman–Crippen MR) is 98.4 cm³/mol. The number of hydrogen-bond acceptors (Lipinski definition) is 3. The number of hydrogen-bond donors (Lipinski definition) is 2. The second-order valence-electron chi connectivity index (χ2n) is 5.54. The van der Waals surface area contributed by atoms with Crippen LogP contribution in [-0.2, 0) is 11.3 Å². The Morgan fingerprint density at radius 3 is 2.68 bits per heavy atom. The molecule has 0 atom stereocenters. The highest BCUT2D eigenvalue weighted by atomic mass is 16.5. The Labute approximate surface area is 145 Å². The summed E-state index contributed by atoms with van der Waals surface area (Å²) in [5, 5.41) is 3.70. The van der Waals surface area contributed by atoms with Crippen LogP contribution in [0.5, 0.6) is 5.75 Å². The molecular weight excluding hydrogens is 316 g/mol. The highest BCUT2D eigenvalue weighted by Gasteiger charge is 2.01. The van der Waals surface area contributed by atoms with Crippen molar-refractivity contribution in [2.24, 2.45) is 0 Å². The molecule has 1 amide bonds. The lowest BCUT2D eigenvalue weighted by atomic mass is 10.1. The molecule has 2 N–H and O–H groups in total. The number of fused-ring (bicyclic) bond motifs is 1. The van der Waals surface area contributed by atoms with E-state index in [0.717, 1.165) is 22.2 Å². The molecule has 3 aromatic rings. The minimum atomic E-state index is -0.261. The molecule has 0 spiro atoms. The van der Waals surface area contributed by atoms with Gasteiger partial charge in [0.25, 0.3) is 5.56 Å². The van der Waals surface area contributed by atoms with Gasteiger partial charge in [-0.3, -0.25) is 9.59 Å². The number of nitrogens with one attached hydrogen (secondary N) is 2. The van der Waals surface area contributed by atoms with Gasteiger partial charge in [-0.15, -0.1) is 0 Å². The molecule has 126 valence electrons. The smallest absolute Gasteiger partial charge is 0.255 e. The van der Waals surface area contributed by atoms with E-state index in [-0.39, 0.29) is 11.5 Å². The molecule has 0 saturated heterocycles. The number of benzene rings is 2. The van der Waals surface area contributed by atoms with Crippen molar-refractivity contribution < 1.29 is 9.53 Å². The Hall–Kier alpha value is -3.34. The van der Waals surface area contributed by atoms with E-state index < -0.39 is 0 Å². The van der Waals surface area contributed by atoms with Crippen LogP contribution in [0.3, 0.4) is 0 Å². The van der Waals surface area contributed by atoms with Gasteiger partial charge in [-0.1, -0.05) is 30.3 Å². The number of rotatable bonds is 5. The number of para-hydroxylation sites is 1. The van der Waals surface area contributed by atoms with Crippen molar-refractivity contribution in [3.8, 4) is 5.75 Å². The van der Waals surface area contributed by atoms with Crippen LogP contribution in [0.25, 0.3) is 17.0 Å². The van der Waals surface area contributed by atoms with E-state index in [0.29, 0.717) is 12.1 Å². The summed E-state index contributed by atoms with van der Waals surface area (Å²) < 4.78 is 5.09. The number of methoxy groups -OCH3 is 1. The molecule has 5 nitrogen and oxygen atoms in total. The van der Waals surface area contributed by atoms with Gasteiger partial charge in [-0.05, 0) is 41.3 Å². The van der Waals surface area contributed by atoms with Crippen LogP contribution in [0.2, 0.25) is 0 Å². The molecule has 0 fully saturated rings. The summed E-state index contributed by atoms with van der Waals surface area (Å²) >= 11 is 0. The topological polar surface area (TPSA) is 71.2 Å². The molecular formula is C20H18N2O3. The van der Waals surface area contributed by atoms with Crippen molar-refractivity contribution in [2.75, 3.05) is 7.11 Å². The lowest BCUT2D eigenvalue weighted by Gasteiger charge is -2.04. The molecule has 1 heterocycles. The molecule has 5 heteroatoms. The summed E-state index contributed by atoms with van der Waals surface area (Å²) in [5.74, 6) is 0.508. The first kappa shape index (κ1) is 16.5. The van der Waals surface area contributed by atoms with E-state index in [2.05, 4.69) is 10.3 Å². The second-order valence-corrected chi connectivity index (χ2v) is 5.54. The predicted octanol–water partition coefficient (Wildman–Crippen LogP) is 2.87. The first-order valence-corrected chi connectivity index (χ1v) is 7.86. The fraction of sp³-hybridized carbons (Fsp3) is 0.100. The Bertz CT molecular complexity index is 972. The van der Waals surface area contributed by atoms with Crippen LogP contribution < -0.4 is 15.6 Å². The number of ether oxygens (including phenoxy) is 1. The first-order chi connectivity index (χ1) is 12.2. The molecule has 0 saturated carbocycles. The monoisotopic (exact) mass is 334 g/mol. The van der Waals surface area contributed by atoms with Crippen LogP contribution in [-0.4, -0.2) is 18.0 Å². The molecule has 25 heavy (non-hydrogen) atoms. The van der Waals surface area contributed by atoms with Crippen LogP contribution in [0, 0.1) is 0 Å². The molecule has 3 rings (SSSR count). The molecule has 2 aromatic carbocycles. The SMILES string of the molecule is COc1ccc(CNC(=O)/C=C/c2cc3ccccc3[nH]c2=O)cc1. The van der Waals surface area contributed by atoms with Gasteiger partial charge in [0, 0.05) is 23.7 Å². The summed E-state index contributed by atoms with van der Waals surface area (Å²) in [6.45, 7) is 0.404. The quantitative estimate of drug-likeness (QED) is 0.705. The van der Waals surface area contributed by atoms with Gasteiger partial charge in [-0.25, -0.2) is 0 Å². The van der Waals surface area contributed by atoms with E-state index >= 15 is 0 Å². The van der Waals surface area contributed by atoms with Crippen LogP contribution in [0.4, 0.5) is 0 Å². The lowest BCUT2D eigenvalue weighted by Crippen LogP contribution is -2.20. The molecule has 1 aromatic heterocycles. The van der Waals surface area contributed by atoms with E-state index in [1.165, 1.54) is 12.2 Å². The van der Waals surface area contributed by atoms with Gasteiger partial charge in [0.05, 0.1) is 7.11 Å². The molecule has 0 unspecified atom stereocenters. The molecule has 0 aliphatic heterocycles. The molecule has 0 aliphatic carbocycles. The normalized spacial score (nSPS) is 10.9. The van der Waals surface area contributed by atoms with Crippen molar-refractivity contribution in [2.45, 2.75) is 6.54 Å². The second kappa shape index (κ2) is 7.49. The van der Waals surface area contributed by atoms with Crippen molar-refractivity contribution in [3.63, 3.8) is 0 Å². The number of pyridine rings is 1. The van der Waals surface area contributed by atoms with Crippen molar-refractivity contribution in [3.05, 3.63) is 82.2 Å². The molecule has 0 bridgehead atoms. The third-order valence-corrected chi connectivity index (χ3v) is 3.82. The minimum Gasteiger partial charge on any atom is -0.497 e. The zero-order valence-electron chi connectivity index (χ0n) is 13.8. The van der Waals surface area contributed by atoms with E-state index in [4.69, 9.17) is 4.74 Å². The zero-order chi connectivity index (χ0) is 17.6. The third kappa shape index (κ3) is 4.14. The highest BCUT2D eigenvalue weighted by Crippen LogP contribution is 2.12.